The lowest BCUT2D eigenvalue weighted by atomic mass is 9.69. The Morgan fingerprint density at radius 2 is 1.59 bits per heavy atom. The normalized spacial score (nSPS) is 19.7. The largest absolute Gasteiger partial charge is 0.496 e. The van der Waals surface area contributed by atoms with E-state index in [1.54, 1.807) is 32.3 Å². The molecule has 180 valence electrons. The molecule has 0 fully saturated rings. The highest BCUT2D eigenvalue weighted by molar-refractivity contribution is 6.08. The zero-order valence-corrected chi connectivity index (χ0v) is 20.9. The average molecular weight is 464 g/mol. The number of carbonyl (C=O) groups excluding carboxylic acids is 2. The number of anilines is 1. The predicted octanol–water partition coefficient (Wildman–Crippen LogP) is 5.44. The van der Waals surface area contributed by atoms with Crippen molar-refractivity contribution in [3.63, 3.8) is 0 Å². The van der Waals surface area contributed by atoms with Crippen molar-refractivity contribution in [3.8, 4) is 17.2 Å². The third-order valence-corrected chi connectivity index (χ3v) is 6.87. The maximum Gasteiger partial charge on any atom is 0.232 e. The number of carbonyl (C=O) groups is 2. The fraction of sp³-hybridized carbons (Fsp3) is 0.429. The first-order valence-electron chi connectivity index (χ1n) is 11.7. The van der Waals surface area contributed by atoms with Crippen LogP contribution < -0.4 is 19.1 Å². The van der Waals surface area contributed by atoms with Crippen LogP contribution in [0, 0.1) is 5.41 Å². The van der Waals surface area contributed by atoms with Crippen molar-refractivity contribution in [1.82, 2.24) is 0 Å². The minimum absolute atomic E-state index is 0.0213. The summed E-state index contributed by atoms with van der Waals surface area (Å²) in [4.78, 5) is 29.2. The highest BCUT2D eigenvalue weighted by Gasteiger charge is 2.45. The molecule has 4 rings (SSSR count). The van der Waals surface area contributed by atoms with Crippen LogP contribution in [0.5, 0.6) is 17.2 Å². The first-order valence-corrected chi connectivity index (χ1v) is 11.7. The summed E-state index contributed by atoms with van der Waals surface area (Å²) >= 11 is 0. The van der Waals surface area contributed by atoms with Crippen molar-refractivity contribution in [2.45, 2.75) is 52.4 Å². The van der Waals surface area contributed by atoms with Gasteiger partial charge in [0.2, 0.25) is 5.91 Å². The van der Waals surface area contributed by atoms with Crippen LogP contribution in [0.25, 0.3) is 0 Å². The number of aryl methyl sites for hydroxylation is 1. The van der Waals surface area contributed by atoms with Crippen LogP contribution in [0.1, 0.15) is 57.1 Å². The molecule has 0 saturated heterocycles. The number of nitrogens with zero attached hydrogens (tertiary/aromatic N) is 1. The maximum absolute atomic E-state index is 13.8. The highest BCUT2D eigenvalue weighted by Crippen LogP contribution is 2.51. The van der Waals surface area contributed by atoms with E-state index in [4.69, 9.17) is 14.2 Å². The van der Waals surface area contributed by atoms with E-state index in [1.165, 1.54) is 0 Å². The number of ether oxygens (including phenoxy) is 3. The van der Waals surface area contributed by atoms with E-state index in [0.29, 0.717) is 35.7 Å². The van der Waals surface area contributed by atoms with E-state index in [9.17, 15) is 9.59 Å². The number of hydrogen-bond donors (Lipinski definition) is 0. The number of ketones is 1. The smallest absolute Gasteiger partial charge is 0.232 e. The van der Waals surface area contributed by atoms with Gasteiger partial charge in [0.15, 0.2) is 17.3 Å². The van der Waals surface area contributed by atoms with Crippen molar-refractivity contribution in [2.75, 3.05) is 26.2 Å². The third kappa shape index (κ3) is 4.06. The molecule has 1 aliphatic heterocycles. The molecule has 1 atom stereocenters. The number of para-hydroxylation sites is 1. The van der Waals surface area contributed by atoms with Gasteiger partial charge < -0.3 is 14.2 Å². The molecule has 0 radical (unpaired) electrons. The van der Waals surface area contributed by atoms with Crippen molar-refractivity contribution in [2.24, 2.45) is 5.41 Å². The lowest BCUT2D eigenvalue weighted by Gasteiger charge is -2.43. The molecule has 2 aliphatic rings. The van der Waals surface area contributed by atoms with Gasteiger partial charge >= 0.3 is 0 Å². The summed E-state index contributed by atoms with van der Waals surface area (Å²) in [6.07, 6.45) is 2.06. The second-order valence-corrected chi connectivity index (χ2v) is 9.72. The Balaban J connectivity index is 1.96. The predicted molar refractivity (Wildman–Crippen MR) is 132 cm³/mol. The molecule has 0 saturated carbocycles. The Bertz CT molecular complexity index is 1160. The Kier molecular flexibility index (Phi) is 6.43. The van der Waals surface area contributed by atoms with Crippen LogP contribution in [0.3, 0.4) is 0 Å². The van der Waals surface area contributed by atoms with Gasteiger partial charge in [0, 0.05) is 41.7 Å². The van der Waals surface area contributed by atoms with Gasteiger partial charge in [-0.3, -0.25) is 14.5 Å². The fourth-order valence-electron chi connectivity index (χ4n) is 5.31. The number of hydrogen-bond acceptors (Lipinski definition) is 5. The molecule has 0 spiro atoms. The molecule has 0 bridgehead atoms. The van der Waals surface area contributed by atoms with Crippen LogP contribution in [-0.2, 0) is 16.0 Å². The maximum atomic E-state index is 13.8. The van der Waals surface area contributed by atoms with E-state index in [2.05, 4.69) is 20.8 Å². The Labute approximate surface area is 201 Å². The van der Waals surface area contributed by atoms with Crippen LogP contribution in [-0.4, -0.2) is 33.0 Å². The second kappa shape index (κ2) is 9.16. The first-order chi connectivity index (χ1) is 16.2. The van der Waals surface area contributed by atoms with Crippen molar-refractivity contribution < 1.29 is 23.8 Å². The van der Waals surface area contributed by atoms with Gasteiger partial charge in [-0.2, -0.15) is 0 Å². The zero-order valence-electron chi connectivity index (χ0n) is 20.9. The van der Waals surface area contributed by atoms with Gasteiger partial charge in [0.1, 0.15) is 5.75 Å². The SMILES string of the molecule is CCc1ccccc1N1C(=O)CC(c2cc(OC)c(OC)cc2OC)C2=C1CC(C)(C)CC2=O. The molecule has 1 amide bonds. The molecular weight excluding hydrogens is 430 g/mol. The average Bonchev–Trinajstić information content (AvgIpc) is 2.81. The van der Waals surface area contributed by atoms with Crippen molar-refractivity contribution >= 4 is 17.4 Å². The monoisotopic (exact) mass is 463 g/mol. The van der Waals surface area contributed by atoms with Gasteiger partial charge in [-0.05, 0) is 36.0 Å². The molecule has 6 heteroatoms. The zero-order chi connectivity index (χ0) is 24.6. The van der Waals surface area contributed by atoms with Gasteiger partial charge in [0.25, 0.3) is 0 Å². The van der Waals surface area contributed by atoms with E-state index in [-0.39, 0.29) is 23.5 Å². The second-order valence-electron chi connectivity index (χ2n) is 9.72. The topological polar surface area (TPSA) is 65.1 Å². The molecule has 6 nitrogen and oxygen atoms in total. The van der Waals surface area contributed by atoms with Crippen molar-refractivity contribution in [3.05, 3.63) is 58.8 Å². The van der Waals surface area contributed by atoms with Crippen LogP contribution in [0.2, 0.25) is 0 Å². The molecule has 0 aromatic heterocycles. The Hall–Kier alpha value is -3.28. The van der Waals surface area contributed by atoms with Crippen LogP contribution in [0.15, 0.2) is 47.7 Å². The minimum atomic E-state index is -0.411. The summed E-state index contributed by atoms with van der Waals surface area (Å²) in [6, 6.07) is 11.5. The standard InChI is InChI=1S/C28H33NO5/c1-7-17-10-8-9-11-20(17)29-21-15-28(2,3)16-22(30)27(21)19(13-26(29)31)18-12-24(33-5)25(34-6)14-23(18)32-4/h8-12,14,19H,7,13,15-16H2,1-6H3. The van der Waals surface area contributed by atoms with Gasteiger partial charge in [0.05, 0.1) is 27.0 Å². The lowest BCUT2D eigenvalue weighted by Crippen LogP contribution is -2.44. The van der Waals surface area contributed by atoms with Gasteiger partial charge in [-0.25, -0.2) is 0 Å². The van der Waals surface area contributed by atoms with E-state index in [1.807, 2.05) is 30.3 Å². The number of Topliss-reactive ketones (excluding diaryl/α,β-unsaturated/α-hetero) is 1. The van der Waals surface area contributed by atoms with Gasteiger partial charge in [-0.15, -0.1) is 0 Å². The molecule has 1 heterocycles. The summed E-state index contributed by atoms with van der Waals surface area (Å²) in [5.74, 6) is 1.30. The summed E-state index contributed by atoms with van der Waals surface area (Å²) in [6.45, 7) is 6.25. The minimum Gasteiger partial charge on any atom is -0.496 e. The summed E-state index contributed by atoms with van der Waals surface area (Å²) < 4.78 is 16.7. The van der Waals surface area contributed by atoms with E-state index in [0.717, 1.165) is 28.9 Å². The lowest BCUT2D eigenvalue weighted by molar-refractivity contribution is -0.121. The molecule has 2 aromatic carbocycles. The molecular formula is C28H33NO5. The summed E-state index contributed by atoms with van der Waals surface area (Å²) in [5.41, 5.74) is 3.98. The fourth-order valence-corrected chi connectivity index (χ4v) is 5.31. The highest BCUT2D eigenvalue weighted by atomic mass is 16.5. The van der Waals surface area contributed by atoms with E-state index >= 15 is 0 Å². The number of allylic oxidation sites excluding steroid dienone is 2. The number of benzene rings is 2. The number of methoxy groups -OCH3 is 3. The Morgan fingerprint density at radius 1 is 0.941 bits per heavy atom. The van der Waals surface area contributed by atoms with Crippen LogP contribution in [0.4, 0.5) is 5.69 Å². The molecule has 1 unspecified atom stereocenters. The molecule has 1 aliphatic carbocycles. The quantitative estimate of drug-likeness (QED) is 0.571. The van der Waals surface area contributed by atoms with E-state index < -0.39 is 5.92 Å². The van der Waals surface area contributed by atoms with Gasteiger partial charge in [-0.1, -0.05) is 39.0 Å². The number of rotatable bonds is 6. The number of amides is 1. The third-order valence-electron chi connectivity index (χ3n) is 6.87. The molecule has 2 aromatic rings. The summed E-state index contributed by atoms with van der Waals surface area (Å²) in [5, 5.41) is 0. The Morgan fingerprint density at radius 3 is 2.24 bits per heavy atom. The molecule has 34 heavy (non-hydrogen) atoms. The van der Waals surface area contributed by atoms with Crippen LogP contribution >= 0.6 is 0 Å². The van der Waals surface area contributed by atoms with Crippen molar-refractivity contribution in [1.29, 1.82) is 0 Å². The first kappa shape index (κ1) is 23.9. The summed E-state index contributed by atoms with van der Waals surface area (Å²) in [7, 11) is 4.72. The molecule has 0 N–H and O–H groups in total.